The summed E-state index contributed by atoms with van der Waals surface area (Å²) in [6, 6.07) is 0.562. The topological polar surface area (TPSA) is 54.2 Å². The minimum Gasteiger partial charge on any atom is -0.390 e. The number of likely N-dealkylation sites (N-methyl/N-ethyl adjacent to an activating group) is 1. The Morgan fingerprint density at radius 2 is 2.40 bits per heavy atom. The molecule has 5 heteroatoms. The Bertz CT molecular complexity index is 312. The summed E-state index contributed by atoms with van der Waals surface area (Å²) in [4.78, 5) is 2.38. The normalized spacial score (nSPS) is 23.2. The third-order valence-electron chi connectivity index (χ3n) is 3.07. The fraction of sp³-hybridized carbons (Fsp3) is 0.800. The fourth-order valence-corrected chi connectivity index (χ4v) is 2.09. The summed E-state index contributed by atoms with van der Waals surface area (Å²) in [5.41, 5.74) is 0.647. The molecule has 1 atom stereocenters. The highest BCUT2D eigenvalue weighted by Crippen LogP contribution is 2.16. The van der Waals surface area contributed by atoms with Gasteiger partial charge in [-0.25, -0.2) is 0 Å². The molecule has 2 heterocycles. The zero-order chi connectivity index (χ0) is 10.7. The molecular formula is C10H18N4O. The van der Waals surface area contributed by atoms with Crippen LogP contribution in [0.1, 0.15) is 25.0 Å². The van der Waals surface area contributed by atoms with E-state index in [0.29, 0.717) is 11.7 Å². The van der Waals surface area contributed by atoms with E-state index >= 15 is 0 Å². The molecule has 0 aromatic carbocycles. The van der Waals surface area contributed by atoms with E-state index in [1.165, 1.54) is 25.8 Å². The van der Waals surface area contributed by atoms with E-state index < -0.39 is 0 Å². The summed E-state index contributed by atoms with van der Waals surface area (Å²) in [5, 5.41) is 16.7. The second-order valence-corrected chi connectivity index (χ2v) is 4.22. The van der Waals surface area contributed by atoms with Crippen molar-refractivity contribution in [2.24, 2.45) is 0 Å². The van der Waals surface area contributed by atoms with Crippen LogP contribution >= 0.6 is 0 Å². The summed E-state index contributed by atoms with van der Waals surface area (Å²) >= 11 is 0. The molecule has 84 valence electrons. The fourth-order valence-electron chi connectivity index (χ4n) is 2.09. The van der Waals surface area contributed by atoms with Gasteiger partial charge in [-0.15, -0.1) is 5.10 Å². The maximum Gasteiger partial charge on any atom is 0.108 e. The van der Waals surface area contributed by atoms with E-state index in [4.69, 9.17) is 5.11 Å². The predicted octanol–water partition coefficient (Wildman–Crippen LogP) is 0.255. The lowest BCUT2D eigenvalue weighted by atomic mass is 10.0. The molecule has 1 aromatic heterocycles. The standard InChI is InChI=1S/C10H18N4O/c1-13-5-3-2-4-10(13)7-14-6-9(8-15)11-12-14/h6,10,15H,2-5,7-8H2,1H3. The van der Waals surface area contributed by atoms with E-state index in [-0.39, 0.29) is 6.61 Å². The van der Waals surface area contributed by atoms with Crippen LogP contribution in [0.2, 0.25) is 0 Å². The van der Waals surface area contributed by atoms with E-state index in [1.807, 2.05) is 10.9 Å². The Morgan fingerprint density at radius 3 is 3.07 bits per heavy atom. The molecule has 1 unspecified atom stereocenters. The Balaban J connectivity index is 1.95. The molecule has 1 saturated heterocycles. The number of aliphatic hydroxyl groups excluding tert-OH is 1. The highest BCUT2D eigenvalue weighted by Gasteiger charge is 2.19. The zero-order valence-electron chi connectivity index (χ0n) is 9.13. The lowest BCUT2D eigenvalue weighted by molar-refractivity contribution is 0.162. The molecule has 0 radical (unpaired) electrons. The molecule has 0 spiro atoms. The summed E-state index contributed by atoms with van der Waals surface area (Å²) in [6.07, 6.45) is 5.65. The van der Waals surface area contributed by atoms with Crippen LogP contribution in [0.4, 0.5) is 0 Å². The van der Waals surface area contributed by atoms with E-state index in [0.717, 1.165) is 6.54 Å². The van der Waals surface area contributed by atoms with Gasteiger partial charge in [-0.2, -0.15) is 0 Å². The smallest absolute Gasteiger partial charge is 0.108 e. The van der Waals surface area contributed by atoms with Gasteiger partial charge in [0, 0.05) is 6.04 Å². The minimum absolute atomic E-state index is 0.0273. The van der Waals surface area contributed by atoms with E-state index in [2.05, 4.69) is 22.3 Å². The van der Waals surface area contributed by atoms with Crippen molar-refractivity contribution in [1.82, 2.24) is 19.9 Å². The number of aliphatic hydroxyl groups is 1. The summed E-state index contributed by atoms with van der Waals surface area (Å²) in [6.45, 7) is 2.02. The van der Waals surface area contributed by atoms with Crippen LogP contribution in [-0.2, 0) is 13.2 Å². The SMILES string of the molecule is CN1CCCCC1Cn1cc(CO)nn1. The van der Waals surface area contributed by atoms with Gasteiger partial charge in [0.05, 0.1) is 19.3 Å². The van der Waals surface area contributed by atoms with Gasteiger partial charge < -0.3 is 10.0 Å². The van der Waals surface area contributed by atoms with Gasteiger partial charge in [-0.3, -0.25) is 4.68 Å². The second-order valence-electron chi connectivity index (χ2n) is 4.22. The van der Waals surface area contributed by atoms with Gasteiger partial charge in [0.2, 0.25) is 0 Å². The van der Waals surface area contributed by atoms with Crippen LogP contribution in [0.5, 0.6) is 0 Å². The Kier molecular flexibility index (Phi) is 3.33. The van der Waals surface area contributed by atoms with Crippen LogP contribution in [0.25, 0.3) is 0 Å². The number of nitrogens with zero attached hydrogens (tertiary/aromatic N) is 4. The lowest BCUT2D eigenvalue weighted by Gasteiger charge is -2.32. The van der Waals surface area contributed by atoms with Crippen LogP contribution in [0.3, 0.4) is 0 Å². The molecule has 0 bridgehead atoms. The maximum absolute atomic E-state index is 8.88. The number of hydrogen-bond donors (Lipinski definition) is 1. The molecule has 2 rings (SSSR count). The van der Waals surface area contributed by atoms with Crippen molar-refractivity contribution >= 4 is 0 Å². The first-order valence-electron chi connectivity index (χ1n) is 5.49. The zero-order valence-corrected chi connectivity index (χ0v) is 9.13. The van der Waals surface area contributed by atoms with Gasteiger partial charge in [-0.1, -0.05) is 11.6 Å². The predicted molar refractivity (Wildman–Crippen MR) is 56.2 cm³/mol. The van der Waals surface area contributed by atoms with Crippen molar-refractivity contribution in [2.45, 2.75) is 38.5 Å². The number of piperidine rings is 1. The van der Waals surface area contributed by atoms with Gasteiger partial charge in [-0.05, 0) is 26.4 Å². The van der Waals surface area contributed by atoms with Crippen LogP contribution in [-0.4, -0.2) is 44.6 Å². The molecule has 0 amide bonds. The molecule has 1 aliphatic rings. The van der Waals surface area contributed by atoms with Crippen LogP contribution in [0, 0.1) is 0 Å². The van der Waals surface area contributed by atoms with Gasteiger partial charge >= 0.3 is 0 Å². The van der Waals surface area contributed by atoms with Crippen molar-refractivity contribution in [3.05, 3.63) is 11.9 Å². The molecule has 1 aromatic rings. The summed E-state index contributed by atoms with van der Waals surface area (Å²) < 4.78 is 1.83. The Hall–Kier alpha value is -0.940. The molecule has 5 nitrogen and oxygen atoms in total. The first kappa shape index (κ1) is 10.6. The third-order valence-corrected chi connectivity index (χ3v) is 3.07. The molecule has 15 heavy (non-hydrogen) atoms. The van der Waals surface area contributed by atoms with Crippen LogP contribution in [0.15, 0.2) is 6.20 Å². The van der Waals surface area contributed by atoms with Crippen molar-refractivity contribution in [1.29, 1.82) is 0 Å². The highest BCUT2D eigenvalue weighted by molar-refractivity contribution is 4.89. The average molecular weight is 210 g/mol. The maximum atomic E-state index is 8.88. The number of likely N-dealkylation sites (tertiary alicyclic amines) is 1. The van der Waals surface area contributed by atoms with Gasteiger partial charge in [0.1, 0.15) is 5.69 Å². The number of aromatic nitrogens is 3. The molecular weight excluding hydrogens is 192 g/mol. The third kappa shape index (κ3) is 2.54. The van der Waals surface area contributed by atoms with E-state index in [1.54, 1.807) is 0 Å². The monoisotopic (exact) mass is 210 g/mol. The molecule has 1 fully saturated rings. The van der Waals surface area contributed by atoms with Crippen molar-refractivity contribution in [3.8, 4) is 0 Å². The van der Waals surface area contributed by atoms with Gasteiger partial charge in [0.15, 0.2) is 0 Å². The minimum atomic E-state index is -0.0273. The first-order valence-corrected chi connectivity index (χ1v) is 5.49. The Labute approximate surface area is 89.7 Å². The average Bonchev–Trinajstić information content (AvgIpc) is 2.69. The quantitative estimate of drug-likeness (QED) is 0.777. The molecule has 1 N–H and O–H groups in total. The van der Waals surface area contributed by atoms with Crippen molar-refractivity contribution < 1.29 is 5.11 Å². The number of rotatable bonds is 3. The number of hydrogen-bond acceptors (Lipinski definition) is 4. The summed E-state index contributed by atoms with van der Waals surface area (Å²) in [7, 11) is 2.16. The highest BCUT2D eigenvalue weighted by atomic mass is 16.3. The Morgan fingerprint density at radius 1 is 1.53 bits per heavy atom. The van der Waals surface area contributed by atoms with Gasteiger partial charge in [0.25, 0.3) is 0 Å². The molecule has 0 saturated carbocycles. The van der Waals surface area contributed by atoms with Crippen molar-refractivity contribution in [2.75, 3.05) is 13.6 Å². The molecule has 1 aliphatic heterocycles. The van der Waals surface area contributed by atoms with Crippen molar-refractivity contribution in [3.63, 3.8) is 0 Å². The second kappa shape index (κ2) is 4.72. The summed E-state index contributed by atoms with van der Waals surface area (Å²) in [5.74, 6) is 0. The van der Waals surface area contributed by atoms with Crippen LogP contribution < -0.4 is 0 Å². The first-order chi connectivity index (χ1) is 7.29. The lowest BCUT2D eigenvalue weighted by Crippen LogP contribution is -2.39. The van der Waals surface area contributed by atoms with E-state index in [9.17, 15) is 0 Å². The molecule has 0 aliphatic carbocycles. The largest absolute Gasteiger partial charge is 0.390 e.